The van der Waals surface area contributed by atoms with Crippen molar-refractivity contribution in [1.29, 1.82) is 0 Å². The summed E-state index contributed by atoms with van der Waals surface area (Å²) >= 11 is 0. The molecule has 3 heteroatoms. The van der Waals surface area contributed by atoms with Gasteiger partial charge in [0.2, 0.25) is 0 Å². The third-order valence-electron chi connectivity index (χ3n) is 3.76. The molecule has 0 saturated heterocycles. The molecule has 0 bridgehead atoms. The van der Waals surface area contributed by atoms with E-state index in [0.717, 1.165) is 25.3 Å². The Bertz CT molecular complexity index is 225. The SMILES string of the molecule is CCOC(=O)C1CC2(CC(CN)C2)C1. The molecule has 0 aromatic heterocycles. The van der Waals surface area contributed by atoms with Gasteiger partial charge in [-0.05, 0) is 50.5 Å². The predicted octanol–water partition coefficient (Wildman–Crippen LogP) is 1.31. The fraction of sp³-hybridized carbons (Fsp3) is 0.909. The van der Waals surface area contributed by atoms with Crippen LogP contribution in [0.2, 0.25) is 0 Å². The normalized spacial score (nSPS) is 40.1. The quantitative estimate of drug-likeness (QED) is 0.694. The minimum Gasteiger partial charge on any atom is -0.466 e. The maximum atomic E-state index is 11.4. The number of nitrogens with two attached hydrogens (primary N) is 1. The molecule has 2 aliphatic rings. The molecule has 0 amide bonds. The highest BCUT2D eigenvalue weighted by Crippen LogP contribution is 2.61. The van der Waals surface area contributed by atoms with Gasteiger partial charge < -0.3 is 10.5 Å². The first kappa shape index (κ1) is 9.97. The van der Waals surface area contributed by atoms with Crippen molar-refractivity contribution in [3.05, 3.63) is 0 Å². The van der Waals surface area contributed by atoms with Crippen LogP contribution in [0.1, 0.15) is 32.6 Å². The number of hydrogen-bond donors (Lipinski definition) is 1. The molecular weight excluding hydrogens is 178 g/mol. The Labute approximate surface area is 85.0 Å². The Morgan fingerprint density at radius 3 is 2.57 bits per heavy atom. The smallest absolute Gasteiger partial charge is 0.308 e. The molecule has 0 unspecified atom stereocenters. The van der Waals surface area contributed by atoms with Crippen molar-refractivity contribution < 1.29 is 9.53 Å². The monoisotopic (exact) mass is 197 g/mol. The minimum atomic E-state index is 0.00863. The Morgan fingerprint density at radius 1 is 1.43 bits per heavy atom. The Balaban J connectivity index is 1.72. The zero-order valence-corrected chi connectivity index (χ0v) is 8.79. The fourth-order valence-electron chi connectivity index (χ4n) is 3.08. The van der Waals surface area contributed by atoms with Crippen molar-refractivity contribution in [2.45, 2.75) is 32.6 Å². The van der Waals surface area contributed by atoms with E-state index in [2.05, 4.69) is 0 Å². The van der Waals surface area contributed by atoms with Crippen molar-refractivity contribution in [1.82, 2.24) is 0 Å². The van der Waals surface area contributed by atoms with E-state index in [9.17, 15) is 4.79 Å². The molecule has 2 N–H and O–H groups in total. The van der Waals surface area contributed by atoms with Crippen LogP contribution >= 0.6 is 0 Å². The number of ether oxygens (including phenoxy) is 1. The third-order valence-corrected chi connectivity index (χ3v) is 3.76. The summed E-state index contributed by atoms with van der Waals surface area (Å²) in [6, 6.07) is 0. The molecule has 3 nitrogen and oxygen atoms in total. The molecule has 0 atom stereocenters. The molecule has 80 valence electrons. The number of carbonyl (C=O) groups is 1. The zero-order chi connectivity index (χ0) is 10.2. The molecule has 2 saturated carbocycles. The number of hydrogen-bond acceptors (Lipinski definition) is 3. The number of esters is 1. The first-order valence-corrected chi connectivity index (χ1v) is 5.56. The third kappa shape index (κ3) is 1.54. The lowest BCUT2D eigenvalue weighted by molar-refractivity contribution is -0.163. The molecule has 2 fully saturated rings. The van der Waals surface area contributed by atoms with Crippen LogP contribution in [0.3, 0.4) is 0 Å². The summed E-state index contributed by atoms with van der Waals surface area (Å²) in [6.45, 7) is 3.18. The summed E-state index contributed by atoms with van der Waals surface area (Å²) in [6.07, 6.45) is 4.56. The molecular formula is C11H19NO2. The van der Waals surface area contributed by atoms with E-state index in [1.54, 1.807) is 0 Å². The summed E-state index contributed by atoms with van der Waals surface area (Å²) < 4.78 is 5.00. The van der Waals surface area contributed by atoms with Gasteiger partial charge in [-0.25, -0.2) is 0 Å². The molecule has 2 aliphatic carbocycles. The highest BCUT2D eigenvalue weighted by atomic mass is 16.5. The van der Waals surface area contributed by atoms with E-state index in [1.165, 1.54) is 12.8 Å². The van der Waals surface area contributed by atoms with Crippen molar-refractivity contribution in [2.24, 2.45) is 23.0 Å². The van der Waals surface area contributed by atoms with Gasteiger partial charge in [0, 0.05) is 0 Å². The lowest BCUT2D eigenvalue weighted by Crippen LogP contribution is -2.51. The van der Waals surface area contributed by atoms with Gasteiger partial charge in [-0.1, -0.05) is 0 Å². The summed E-state index contributed by atoms with van der Waals surface area (Å²) in [5, 5.41) is 0. The van der Waals surface area contributed by atoms with E-state index in [0.29, 0.717) is 12.0 Å². The molecule has 0 aliphatic heterocycles. The zero-order valence-electron chi connectivity index (χ0n) is 8.79. The van der Waals surface area contributed by atoms with Gasteiger partial charge in [0.15, 0.2) is 0 Å². The number of carbonyl (C=O) groups excluding carboxylic acids is 1. The average Bonchev–Trinajstić information content (AvgIpc) is 2.00. The second kappa shape index (κ2) is 3.54. The van der Waals surface area contributed by atoms with Crippen LogP contribution in [0.5, 0.6) is 0 Å². The van der Waals surface area contributed by atoms with Crippen LogP contribution in [-0.2, 0) is 9.53 Å². The summed E-state index contributed by atoms with van der Waals surface area (Å²) in [7, 11) is 0. The molecule has 14 heavy (non-hydrogen) atoms. The second-order valence-corrected chi connectivity index (χ2v) is 4.87. The Hall–Kier alpha value is -0.570. The Morgan fingerprint density at radius 2 is 2.07 bits per heavy atom. The second-order valence-electron chi connectivity index (χ2n) is 4.87. The Kier molecular flexibility index (Phi) is 2.52. The van der Waals surface area contributed by atoms with Crippen LogP contribution in [0.4, 0.5) is 0 Å². The van der Waals surface area contributed by atoms with Gasteiger partial charge in [-0.3, -0.25) is 4.79 Å². The van der Waals surface area contributed by atoms with E-state index in [-0.39, 0.29) is 11.9 Å². The predicted molar refractivity (Wildman–Crippen MR) is 53.6 cm³/mol. The van der Waals surface area contributed by atoms with E-state index in [1.807, 2.05) is 6.92 Å². The fourth-order valence-corrected chi connectivity index (χ4v) is 3.08. The molecule has 0 heterocycles. The molecule has 0 aromatic carbocycles. The lowest BCUT2D eigenvalue weighted by Gasteiger charge is -2.56. The largest absolute Gasteiger partial charge is 0.466 e. The standard InChI is InChI=1S/C11H19NO2/c1-2-14-10(13)9-5-11(6-9)3-8(4-11)7-12/h8-9H,2-7,12H2,1H3. The van der Waals surface area contributed by atoms with Crippen LogP contribution in [0, 0.1) is 17.3 Å². The molecule has 0 radical (unpaired) electrons. The maximum absolute atomic E-state index is 11.4. The van der Waals surface area contributed by atoms with Gasteiger partial charge in [0.25, 0.3) is 0 Å². The number of rotatable bonds is 3. The van der Waals surface area contributed by atoms with Crippen LogP contribution in [0.15, 0.2) is 0 Å². The first-order valence-electron chi connectivity index (χ1n) is 5.56. The molecule has 2 rings (SSSR count). The lowest BCUT2D eigenvalue weighted by atomic mass is 9.48. The van der Waals surface area contributed by atoms with Crippen molar-refractivity contribution in [3.63, 3.8) is 0 Å². The van der Waals surface area contributed by atoms with Gasteiger partial charge in [-0.2, -0.15) is 0 Å². The van der Waals surface area contributed by atoms with Crippen molar-refractivity contribution in [3.8, 4) is 0 Å². The van der Waals surface area contributed by atoms with Crippen molar-refractivity contribution >= 4 is 5.97 Å². The average molecular weight is 197 g/mol. The van der Waals surface area contributed by atoms with Gasteiger partial charge in [0.1, 0.15) is 0 Å². The highest BCUT2D eigenvalue weighted by Gasteiger charge is 2.54. The van der Waals surface area contributed by atoms with E-state index in [4.69, 9.17) is 10.5 Å². The molecule has 1 spiro atoms. The van der Waals surface area contributed by atoms with E-state index < -0.39 is 0 Å². The summed E-state index contributed by atoms with van der Waals surface area (Å²) in [5.41, 5.74) is 6.07. The topological polar surface area (TPSA) is 52.3 Å². The first-order chi connectivity index (χ1) is 6.69. The van der Waals surface area contributed by atoms with Crippen LogP contribution in [0.25, 0.3) is 0 Å². The molecule has 0 aromatic rings. The van der Waals surface area contributed by atoms with Crippen LogP contribution in [-0.4, -0.2) is 19.1 Å². The maximum Gasteiger partial charge on any atom is 0.308 e. The minimum absolute atomic E-state index is 0.00863. The van der Waals surface area contributed by atoms with E-state index >= 15 is 0 Å². The summed E-state index contributed by atoms with van der Waals surface area (Å²) in [5.74, 6) is 0.918. The highest BCUT2D eigenvalue weighted by molar-refractivity contribution is 5.73. The van der Waals surface area contributed by atoms with Gasteiger partial charge in [-0.15, -0.1) is 0 Å². The summed E-state index contributed by atoms with van der Waals surface area (Å²) in [4.78, 5) is 11.4. The van der Waals surface area contributed by atoms with Crippen molar-refractivity contribution in [2.75, 3.05) is 13.2 Å². The van der Waals surface area contributed by atoms with Crippen LogP contribution < -0.4 is 5.73 Å². The van der Waals surface area contributed by atoms with Gasteiger partial charge in [0.05, 0.1) is 12.5 Å². The van der Waals surface area contributed by atoms with Gasteiger partial charge >= 0.3 is 5.97 Å².